The van der Waals surface area contributed by atoms with Gasteiger partial charge in [0.15, 0.2) is 28.1 Å². The smallest absolute Gasteiger partial charge is 0.386 e. The van der Waals surface area contributed by atoms with Gasteiger partial charge in [-0.2, -0.15) is 4.98 Å². The van der Waals surface area contributed by atoms with Gasteiger partial charge >= 0.3 is 13.5 Å². The lowest BCUT2D eigenvalue weighted by atomic mass is 10.1. The van der Waals surface area contributed by atoms with Crippen LogP contribution in [0.15, 0.2) is 26.7 Å². The summed E-state index contributed by atoms with van der Waals surface area (Å²) < 4.78 is 33.6. The molecule has 21 heteroatoms. The number of nitrogens with two attached hydrogens (primary N) is 1. The van der Waals surface area contributed by atoms with Crippen molar-refractivity contribution in [2.45, 2.75) is 29.7 Å². The SMILES string of the molecule is Nc1nc2c(nc(SCCNc3ccc([N+](=O)[O-])c4nonc34)n2[C@@H]2O[C@@H]3COP(=O)(O)O[C@H]3[C@H]2O)c(=O)[nH]1. The highest BCUT2D eigenvalue weighted by Crippen LogP contribution is 2.53. The van der Waals surface area contributed by atoms with Crippen molar-refractivity contribution in [3.8, 4) is 0 Å². The number of nitrogens with zero attached hydrogens (tertiary/aromatic N) is 6. The van der Waals surface area contributed by atoms with Gasteiger partial charge in [0.2, 0.25) is 11.5 Å². The van der Waals surface area contributed by atoms with Gasteiger partial charge < -0.3 is 25.8 Å². The van der Waals surface area contributed by atoms with Gasteiger partial charge in [0.25, 0.3) is 5.56 Å². The number of hydrogen-bond donors (Lipinski definition) is 5. The highest BCUT2D eigenvalue weighted by Gasteiger charge is 2.53. The molecule has 6 N–H and O–H groups in total. The number of nitro benzene ring substituents is 1. The number of hydrogen-bond acceptors (Lipinski definition) is 16. The molecule has 0 amide bonds. The third kappa shape index (κ3) is 4.50. The van der Waals surface area contributed by atoms with E-state index in [1.165, 1.54) is 16.7 Å². The van der Waals surface area contributed by atoms with Crippen molar-refractivity contribution in [3.63, 3.8) is 0 Å². The first-order valence-corrected chi connectivity index (χ1v) is 13.6. The summed E-state index contributed by atoms with van der Waals surface area (Å²) in [6.45, 7) is -0.00860. The van der Waals surface area contributed by atoms with Gasteiger partial charge in [0, 0.05) is 18.4 Å². The number of rotatable bonds is 7. The first-order chi connectivity index (χ1) is 18.6. The molecule has 206 valence electrons. The summed E-state index contributed by atoms with van der Waals surface area (Å²) in [5.74, 6) is 0.140. The van der Waals surface area contributed by atoms with Crippen molar-refractivity contribution < 1.29 is 37.9 Å². The number of nitrogen functional groups attached to an aromatic ring is 1. The van der Waals surface area contributed by atoms with Crippen LogP contribution < -0.4 is 16.6 Å². The van der Waals surface area contributed by atoms with Crippen molar-refractivity contribution >= 4 is 59.1 Å². The molecule has 0 spiro atoms. The minimum atomic E-state index is -4.37. The van der Waals surface area contributed by atoms with E-state index in [9.17, 15) is 29.5 Å². The van der Waals surface area contributed by atoms with E-state index in [0.29, 0.717) is 18.0 Å². The third-order valence-electron chi connectivity index (χ3n) is 6.00. The molecule has 39 heavy (non-hydrogen) atoms. The molecule has 2 aliphatic rings. The van der Waals surface area contributed by atoms with E-state index in [2.05, 4.69) is 35.2 Å². The largest absolute Gasteiger partial charge is 0.472 e. The standard InChI is InChI=1S/C18H18N9O10PS/c19-17-22-14-11(15(29)23-17)21-18(26(14)16-12(28)13-8(35-16)5-34-38(32,33)36-13)39-4-3-20-6-1-2-7(27(30)31)10-9(6)24-37-25-10/h1-2,8,12-13,16,20,28H,3-5H2,(H,32,33)(H3,19,22,23,29)/t8-,12-,13-,16-/m1/s1. The molecule has 2 saturated heterocycles. The Labute approximate surface area is 219 Å². The Hall–Kier alpha value is -3.65. The normalized spacial score (nSPS) is 26.7. The maximum atomic E-state index is 12.5. The minimum Gasteiger partial charge on any atom is -0.386 e. The predicted octanol–water partition coefficient (Wildman–Crippen LogP) is 0.124. The van der Waals surface area contributed by atoms with Crippen molar-refractivity contribution in [3.05, 3.63) is 32.6 Å². The lowest BCUT2D eigenvalue weighted by Crippen LogP contribution is -2.39. The number of imidazole rings is 1. The number of phosphoric ester groups is 1. The van der Waals surface area contributed by atoms with E-state index in [0.717, 1.165) is 11.8 Å². The van der Waals surface area contributed by atoms with Crippen LogP contribution in [0.3, 0.4) is 0 Å². The number of non-ortho nitro benzene ring substituents is 1. The number of H-pyrrole nitrogens is 1. The first-order valence-electron chi connectivity index (χ1n) is 11.2. The molecule has 1 unspecified atom stereocenters. The van der Waals surface area contributed by atoms with Gasteiger partial charge in [-0.05, 0) is 16.4 Å². The van der Waals surface area contributed by atoms with Crippen LogP contribution in [0.2, 0.25) is 0 Å². The summed E-state index contributed by atoms with van der Waals surface area (Å²) in [4.78, 5) is 43.7. The Balaban J connectivity index is 1.26. The molecular formula is C18H18N9O10PS. The van der Waals surface area contributed by atoms with Crippen molar-refractivity contribution in [2.24, 2.45) is 0 Å². The van der Waals surface area contributed by atoms with Crippen molar-refractivity contribution in [1.82, 2.24) is 29.8 Å². The van der Waals surface area contributed by atoms with Crippen LogP contribution in [0, 0.1) is 10.1 Å². The van der Waals surface area contributed by atoms with Crippen LogP contribution in [0.5, 0.6) is 0 Å². The summed E-state index contributed by atoms with van der Waals surface area (Å²) in [6.07, 6.45) is -4.70. The number of phosphoric acid groups is 1. The second-order valence-corrected chi connectivity index (χ2v) is 10.9. The second-order valence-electron chi connectivity index (χ2n) is 8.40. The van der Waals surface area contributed by atoms with Crippen LogP contribution in [0.4, 0.5) is 17.3 Å². The molecule has 0 aliphatic carbocycles. The predicted molar refractivity (Wildman–Crippen MR) is 131 cm³/mol. The fourth-order valence-electron chi connectivity index (χ4n) is 4.33. The zero-order valence-electron chi connectivity index (χ0n) is 19.4. The first kappa shape index (κ1) is 25.6. The van der Waals surface area contributed by atoms with E-state index in [4.69, 9.17) is 19.5 Å². The molecule has 6 rings (SSSR count). The fourth-order valence-corrected chi connectivity index (χ4v) is 6.17. The Kier molecular flexibility index (Phi) is 6.25. The highest BCUT2D eigenvalue weighted by molar-refractivity contribution is 7.99. The number of aliphatic hydroxyl groups excluding tert-OH is 1. The van der Waals surface area contributed by atoms with Crippen molar-refractivity contribution in [1.29, 1.82) is 0 Å². The van der Waals surface area contributed by atoms with E-state index in [1.807, 2.05) is 0 Å². The summed E-state index contributed by atoms with van der Waals surface area (Å²) >= 11 is 1.16. The summed E-state index contributed by atoms with van der Waals surface area (Å²) in [5.41, 5.74) is 5.44. The molecule has 0 radical (unpaired) electrons. The molecule has 19 nitrogen and oxygen atoms in total. The molecule has 2 fully saturated rings. The molecule has 0 bridgehead atoms. The Morgan fingerprint density at radius 2 is 2.10 bits per heavy atom. The third-order valence-corrected chi connectivity index (χ3v) is 7.94. The second kappa shape index (κ2) is 9.52. The quantitative estimate of drug-likeness (QED) is 0.0635. The Bertz CT molecular complexity index is 1710. The monoisotopic (exact) mass is 583 g/mol. The topological polar surface area (TPSA) is 269 Å². The van der Waals surface area contributed by atoms with E-state index in [-0.39, 0.29) is 45.6 Å². The van der Waals surface area contributed by atoms with Gasteiger partial charge in [0.1, 0.15) is 18.3 Å². The average molecular weight is 583 g/mol. The molecule has 1 aromatic carbocycles. The Morgan fingerprint density at radius 1 is 1.31 bits per heavy atom. The molecule has 5 atom stereocenters. The van der Waals surface area contributed by atoms with Gasteiger partial charge in [-0.25, -0.2) is 14.2 Å². The molecule has 5 heterocycles. The molecule has 4 aromatic rings. The van der Waals surface area contributed by atoms with E-state index < -0.39 is 42.8 Å². The van der Waals surface area contributed by atoms with Gasteiger partial charge in [-0.15, -0.1) is 0 Å². The van der Waals surface area contributed by atoms with Gasteiger partial charge in [-0.3, -0.25) is 33.5 Å². The number of fused-ring (bicyclic) bond motifs is 3. The highest BCUT2D eigenvalue weighted by atomic mass is 32.2. The molecular weight excluding hydrogens is 565 g/mol. The number of nitrogens with one attached hydrogen (secondary N) is 2. The summed E-state index contributed by atoms with van der Waals surface area (Å²) in [5, 5.41) is 32.8. The van der Waals surface area contributed by atoms with Crippen LogP contribution in [0.1, 0.15) is 6.23 Å². The fraction of sp³-hybridized carbons (Fsp3) is 0.389. The van der Waals surface area contributed by atoms with E-state index in [1.54, 1.807) is 0 Å². The van der Waals surface area contributed by atoms with Crippen LogP contribution in [0.25, 0.3) is 22.2 Å². The number of ether oxygens (including phenoxy) is 1. The number of aliphatic hydroxyl groups is 1. The zero-order chi connectivity index (χ0) is 27.5. The number of nitro groups is 1. The summed E-state index contributed by atoms with van der Waals surface area (Å²) in [7, 11) is -4.37. The number of aromatic amines is 1. The average Bonchev–Trinajstić information content (AvgIpc) is 3.58. The summed E-state index contributed by atoms with van der Waals surface area (Å²) in [6, 6.07) is 2.75. The van der Waals surface area contributed by atoms with E-state index >= 15 is 0 Å². The van der Waals surface area contributed by atoms with Gasteiger partial charge in [0.05, 0.1) is 17.2 Å². The maximum Gasteiger partial charge on any atom is 0.472 e. The van der Waals surface area contributed by atoms with Crippen LogP contribution in [-0.2, 0) is 18.3 Å². The Morgan fingerprint density at radius 3 is 2.90 bits per heavy atom. The number of thioether (sulfide) groups is 1. The number of benzene rings is 1. The molecule has 2 aliphatic heterocycles. The lowest BCUT2D eigenvalue weighted by Gasteiger charge is -2.27. The molecule has 3 aromatic heterocycles. The van der Waals surface area contributed by atoms with Crippen LogP contribution in [-0.4, -0.2) is 82.0 Å². The van der Waals surface area contributed by atoms with Crippen molar-refractivity contribution in [2.75, 3.05) is 30.0 Å². The number of anilines is 2. The number of aromatic nitrogens is 6. The molecule has 0 saturated carbocycles. The minimum absolute atomic E-state index is 0.00482. The lowest BCUT2D eigenvalue weighted by molar-refractivity contribution is -0.383. The zero-order valence-corrected chi connectivity index (χ0v) is 21.1. The van der Waals surface area contributed by atoms with Crippen LogP contribution >= 0.6 is 19.6 Å². The van der Waals surface area contributed by atoms with Gasteiger partial charge in [-0.1, -0.05) is 11.8 Å². The maximum absolute atomic E-state index is 12.5.